The first-order valence-corrected chi connectivity index (χ1v) is 13.5. The number of ether oxygens (including phenoxy) is 2. The van der Waals surface area contributed by atoms with Crippen LogP contribution >= 0.6 is 0 Å². The molecule has 0 aromatic heterocycles. The van der Waals surface area contributed by atoms with Crippen molar-refractivity contribution >= 4 is 11.7 Å². The Morgan fingerprint density at radius 1 is 1.14 bits per heavy atom. The number of Topliss-reactive ketones (excluding diaryl/α,β-unsaturated/α-hetero) is 1. The standard InChI is InChI=1S/C31H45NO3/c1-7-24(13-12-23-11-9-10-21(3)18-23)31(33)26-16-14-25(15-17-26)29-20-28(29)22(4)32-30(35-6)19-27(8-2)34-5/h9-10,14-17,21,23-24,27,29H,7-8,11-13,18-20H2,1-6H3/b28-22-,32-30?. The molecule has 5 unspecified atom stereocenters. The largest absolute Gasteiger partial charge is 0.484 e. The van der Waals surface area contributed by atoms with Crippen molar-refractivity contribution in [2.24, 2.45) is 22.7 Å². The van der Waals surface area contributed by atoms with E-state index in [4.69, 9.17) is 14.5 Å². The number of nitrogens with zero attached hydrogens (tertiary/aromatic N) is 1. The maximum Gasteiger partial charge on any atom is 0.190 e. The number of carbonyl (C=O) groups is 1. The molecule has 1 saturated carbocycles. The zero-order valence-electron chi connectivity index (χ0n) is 22.7. The molecule has 0 radical (unpaired) electrons. The number of hydrogen-bond donors (Lipinski definition) is 0. The summed E-state index contributed by atoms with van der Waals surface area (Å²) in [5, 5.41) is 0. The van der Waals surface area contributed by atoms with Gasteiger partial charge >= 0.3 is 0 Å². The van der Waals surface area contributed by atoms with E-state index >= 15 is 0 Å². The summed E-state index contributed by atoms with van der Waals surface area (Å²) >= 11 is 0. The molecule has 1 aromatic rings. The summed E-state index contributed by atoms with van der Waals surface area (Å²) in [6.07, 6.45) is 12.9. The van der Waals surface area contributed by atoms with Crippen molar-refractivity contribution in [3.05, 3.63) is 58.8 Å². The number of allylic oxidation sites excluding steroid dienone is 4. The third-order valence-electron chi connectivity index (χ3n) is 7.89. The lowest BCUT2D eigenvalue weighted by Crippen LogP contribution is -2.17. The molecule has 1 fully saturated rings. The van der Waals surface area contributed by atoms with Gasteiger partial charge in [-0.05, 0) is 74.8 Å². The number of aliphatic imine (C=N–C) groups is 1. The van der Waals surface area contributed by atoms with Crippen LogP contribution in [0.2, 0.25) is 0 Å². The molecule has 4 heteroatoms. The topological polar surface area (TPSA) is 47.9 Å². The highest BCUT2D eigenvalue weighted by atomic mass is 16.5. The first kappa shape index (κ1) is 27.4. The molecule has 0 N–H and O–H groups in total. The van der Waals surface area contributed by atoms with Crippen LogP contribution in [0.3, 0.4) is 0 Å². The molecule has 0 saturated heterocycles. The fourth-order valence-corrected chi connectivity index (χ4v) is 5.41. The van der Waals surface area contributed by atoms with E-state index < -0.39 is 0 Å². The summed E-state index contributed by atoms with van der Waals surface area (Å²) < 4.78 is 11.0. The average molecular weight is 480 g/mol. The number of ketones is 1. The Hall–Kier alpha value is -2.20. The Bertz CT molecular complexity index is 923. The molecule has 0 heterocycles. The Balaban J connectivity index is 1.59. The number of benzene rings is 1. The van der Waals surface area contributed by atoms with Gasteiger partial charge in [0, 0.05) is 30.2 Å². The van der Waals surface area contributed by atoms with Crippen molar-refractivity contribution in [3.8, 4) is 0 Å². The molecule has 35 heavy (non-hydrogen) atoms. The van der Waals surface area contributed by atoms with Crippen LogP contribution in [0, 0.1) is 17.8 Å². The molecular weight excluding hydrogens is 434 g/mol. The predicted molar refractivity (Wildman–Crippen MR) is 145 cm³/mol. The summed E-state index contributed by atoms with van der Waals surface area (Å²) in [5.74, 6) is 2.95. The SMILES string of the molecule is CCC(CC(=N/C(C)=C1/CC1c1ccc(C(=O)C(CC)CCC2CC=CC(C)C2)cc1)OC)OC. The van der Waals surface area contributed by atoms with Gasteiger partial charge in [-0.25, -0.2) is 4.99 Å². The maximum absolute atomic E-state index is 13.2. The molecule has 3 rings (SSSR count). The summed E-state index contributed by atoms with van der Waals surface area (Å²) in [5.41, 5.74) is 4.51. The zero-order chi connectivity index (χ0) is 25.4. The van der Waals surface area contributed by atoms with Crippen molar-refractivity contribution in [3.63, 3.8) is 0 Å². The highest BCUT2D eigenvalue weighted by Crippen LogP contribution is 2.49. The van der Waals surface area contributed by atoms with Crippen LogP contribution < -0.4 is 0 Å². The lowest BCUT2D eigenvalue weighted by atomic mass is 9.81. The monoisotopic (exact) mass is 479 g/mol. The van der Waals surface area contributed by atoms with Gasteiger partial charge in [-0.2, -0.15) is 0 Å². The first-order valence-electron chi connectivity index (χ1n) is 13.5. The van der Waals surface area contributed by atoms with E-state index in [0.717, 1.165) is 55.2 Å². The van der Waals surface area contributed by atoms with E-state index in [1.807, 2.05) is 12.1 Å². The van der Waals surface area contributed by atoms with E-state index in [1.54, 1.807) is 14.2 Å². The van der Waals surface area contributed by atoms with E-state index in [9.17, 15) is 4.79 Å². The fraction of sp³-hybridized carbons (Fsp3) is 0.613. The van der Waals surface area contributed by atoms with Gasteiger partial charge in [0.05, 0.1) is 19.6 Å². The van der Waals surface area contributed by atoms with Crippen molar-refractivity contribution in [2.75, 3.05) is 14.2 Å². The summed E-state index contributed by atoms with van der Waals surface area (Å²) in [6.45, 7) is 8.61. The quantitative estimate of drug-likeness (QED) is 0.132. The van der Waals surface area contributed by atoms with Gasteiger partial charge in [-0.15, -0.1) is 0 Å². The van der Waals surface area contributed by atoms with Gasteiger partial charge in [-0.3, -0.25) is 4.79 Å². The Morgan fingerprint density at radius 3 is 2.49 bits per heavy atom. The molecule has 192 valence electrons. The van der Waals surface area contributed by atoms with Gasteiger partial charge in [0.15, 0.2) is 11.7 Å². The molecule has 1 aromatic carbocycles. The van der Waals surface area contributed by atoms with Crippen LogP contribution in [-0.2, 0) is 9.47 Å². The van der Waals surface area contributed by atoms with Gasteiger partial charge in [0.2, 0.25) is 0 Å². The van der Waals surface area contributed by atoms with Crippen molar-refractivity contribution in [2.45, 2.75) is 91.1 Å². The number of rotatable bonds is 12. The van der Waals surface area contributed by atoms with E-state index in [-0.39, 0.29) is 12.0 Å². The van der Waals surface area contributed by atoms with Crippen molar-refractivity contribution in [1.29, 1.82) is 0 Å². The zero-order valence-corrected chi connectivity index (χ0v) is 22.7. The third kappa shape index (κ3) is 7.64. The second-order valence-electron chi connectivity index (χ2n) is 10.5. The van der Waals surface area contributed by atoms with E-state index in [1.165, 1.54) is 24.0 Å². The van der Waals surface area contributed by atoms with E-state index in [0.29, 0.717) is 24.0 Å². The average Bonchev–Trinajstić information content (AvgIpc) is 3.68. The smallest absolute Gasteiger partial charge is 0.190 e. The summed E-state index contributed by atoms with van der Waals surface area (Å²) in [4.78, 5) is 18.0. The van der Waals surface area contributed by atoms with Gasteiger partial charge in [0.1, 0.15) is 0 Å². The third-order valence-corrected chi connectivity index (χ3v) is 7.89. The van der Waals surface area contributed by atoms with Crippen LogP contribution in [0.25, 0.3) is 0 Å². The Morgan fingerprint density at radius 2 is 1.89 bits per heavy atom. The predicted octanol–water partition coefficient (Wildman–Crippen LogP) is 7.90. The number of methoxy groups -OCH3 is 2. The number of hydrogen-bond acceptors (Lipinski definition) is 4. The number of carbonyl (C=O) groups excluding carboxylic acids is 1. The molecule has 2 aliphatic rings. The molecule has 0 aliphatic heterocycles. The summed E-state index contributed by atoms with van der Waals surface area (Å²) in [7, 11) is 3.41. The van der Waals surface area contributed by atoms with Crippen LogP contribution in [0.5, 0.6) is 0 Å². The summed E-state index contributed by atoms with van der Waals surface area (Å²) in [6, 6.07) is 8.34. The van der Waals surface area contributed by atoms with Crippen LogP contribution in [-0.4, -0.2) is 32.0 Å². The minimum atomic E-state index is 0.126. The minimum Gasteiger partial charge on any atom is -0.484 e. The highest BCUT2D eigenvalue weighted by molar-refractivity contribution is 5.97. The molecule has 4 nitrogen and oxygen atoms in total. The highest BCUT2D eigenvalue weighted by Gasteiger charge is 2.34. The van der Waals surface area contributed by atoms with Gasteiger partial charge in [-0.1, -0.05) is 57.2 Å². The maximum atomic E-state index is 13.2. The van der Waals surface area contributed by atoms with E-state index in [2.05, 4.69) is 52.0 Å². The lowest BCUT2D eigenvalue weighted by Gasteiger charge is -2.24. The first-order chi connectivity index (χ1) is 16.9. The molecule has 0 spiro atoms. The Kier molecular flexibility index (Phi) is 10.3. The van der Waals surface area contributed by atoms with Crippen molar-refractivity contribution in [1.82, 2.24) is 0 Å². The molecule has 2 aliphatic carbocycles. The second-order valence-corrected chi connectivity index (χ2v) is 10.5. The van der Waals surface area contributed by atoms with Crippen LogP contribution in [0.1, 0.15) is 101 Å². The molecule has 0 bridgehead atoms. The second kappa shape index (κ2) is 13.2. The van der Waals surface area contributed by atoms with Gasteiger partial charge < -0.3 is 9.47 Å². The normalized spacial score (nSPS) is 25.2. The van der Waals surface area contributed by atoms with Crippen LogP contribution in [0.15, 0.2) is 52.7 Å². The van der Waals surface area contributed by atoms with Gasteiger partial charge in [0.25, 0.3) is 0 Å². The minimum absolute atomic E-state index is 0.126. The molecule has 5 atom stereocenters. The van der Waals surface area contributed by atoms with Crippen LogP contribution in [0.4, 0.5) is 0 Å². The fourth-order valence-electron chi connectivity index (χ4n) is 5.41. The Labute approximate surface area is 212 Å². The molecular formula is C31H45NO3. The lowest BCUT2D eigenvalue weighted by molar-refractivity contribution is 0.0903. The molecule has 0 amide bonds. The van der Waals surface area contributed by atoms with Crippen molar-refractivity contribution < 1.29 is 14.3 Å².